The summed E-state index contributed by atoms with van der Waals surface area (Å²) in [5, 5.41) is 0.756. The van der Waals surface area contributed by atoms with Crippen LogP contribution >= 0.6 is 11.6 Å². The molecule has 3 aromatic rings. The molecule has 2 aliphatic rings. The third kappa shape index (κ3) is 5.52. The number of rotatable bonds is 5. The molecule has 0 spiro atoms. The predicted octanol–water partition coefficient (Wildman–Crippen LogP) is 2.85. The molecule has 0 saturated carbocycles. The van der Waals surface area contributed by atoms with Crippen LogP contribution in [0.3, 0.4) is 0 Å². The fourth-order valence-electron chi connectivity index (χ4n) is 4.71. The van der Waals surface area contributed by atoms with Crippen molar-refractivity contribution >= 4 is 29.1 Å². The monoisotopic (exact) mass is 510 g/mol. The van der Waals surface area contributed by atoms with Gasteiger partial charge in [0.2, 0.25) is 5.95 Å². The summed E-state index contributed by atoms with van der Waals surface area (Å²) >= 11 is 6.35. The van der Waals surface area contributed by atoms with E-state index in [9.17, 15) is 14.0 Å². The van der Waals surface area contributed by atoms with Crippen molar-refractivity contribution < 1.29 is 9.18 Å². The number of hydrogen-bond donors (Lipinski definition) is 1. The van der Waals surface area contributed by atoms with Gasteiger partial charge in [-0.2, -0.15) is 0 Å². The molecule has 1 amide bonds. The SMILES string of the molecule is O=C(c1ccc(F)cc1)N1CCN(c2nc(CN3CCN(c4ccccc4Cl)CC3)cc(=O)[nH]2)CC1. The molecule has 3 heterocycles. The fourth-order valence-corrected chi connectivity index (χ4v) is 4.96. The van der Waals surface area contributed by atoms with Gasteiger partial charge in [0.05, 0.1) is 16.4 Å². The molecule has 2 aromatic carbocycles. The van der Waals surface area contributed by atoms with Gasteiger partial charge in [-0.3, -0.25) is 19.5 Å². The molecule has 0 bridgehead atoms. The van der Waals surface area contributed by atoms with Gasteiger partial charge in [-0.1, -0.05) is 23.7 Å². The molecule has 188 valence electrons. The normalized spacial score (nSPS) is 16.9. The smallest absolute Gasteiger partial charge is 0.253 e. The van der Waals surface area contributed by atoms with Crippen LogP contribution in [-0.2, 0) is 6.54 Å². The fraction of sp³-hybridized carbons (Fsp3) is 0.346. The molecule has 0 radical (unpaired) electrons. The number of hydrogen-bond acceptors (Lipinski definition) is 6. The van der Waals surface area contributed by atoms with Crippen LogP contribution in [0.1, 0.15) is 16.1 Å². The van der Waals surface area contributed by atoms with Crippen LogP contribution in [-0.4, -0.2) is 78.0 Å². The van der Waals surface area contributed by atoms with E-state index >= 15 is 0 Å². The number of nitrogens with zero attached hydrogens (tertiary/aromatic N) is 5. The highest BCUT2D eigenvalue weighted by molar-refractivity contribution is 6.33. The number of para-hydroxylation sites is 1. The molecule has 1 N–H and O–H groups in total. The van der Waals surface area contributed by atoms with Gasteiger partial charge in [0.1, 0.15) is 5.82 Å². The summed E-state index contributed by atoms with van der Waals surface area (Å²) in [5.74, 6) is 0.0376. The van der Waals surface area contributed by atoms with Gasteiger partial charge in [-0.05, 0) is 36.4 Å². The van der Waals surface area contributed by atoms with Crippen LogP contribution in [0.15, 0.2) is 59.4 Å². The highest BCUT2D eigenvalue weighted by Crippen LogP contribution is 2.26. The van der Waals surface area contributed by atoms with Crippen molar-refractivity contribution in [1.82, 2.24) is 19.8 Å². The number of aromatic nitrogens is 2. The summed E-state index contributed by atoms with van der Waals surface area (Å²) in [5.41, 5.74) is 2.06. The van der Waals surface area contributed by atoms with Crippen LogP contribution in [0, 0.1) is 5.82 Å². The van der Waals surface area contributed by atoms with Crippen molar-refractivity contribution in [3.8, 4) is 0 Å². The Balaban J connectivity index is 1.18. The second kappa shape index (κ2) is 10.7. The Morgan fingerprint density at radius 1 is 0.917 bits per heavy atom. The number of carbonyl (C=O) groups is 1. The molecule has 10 heteroatoms. The largest absolute Gasteiger partial charge is 0.368 e. The highest BCUT2D eigenvalue weighted by atomic mass is 35.5. The van der Waals surface area contributed by atoms with Gasteiger partial charge >= 0.3 is 0 Å². The zero-order chi connectivity index (χ0) is 25.1. The molecule has 0 aliphatic carbocycles. The minimum atomic E-state index is -0.367. The first-order chi connectivity index (χ1) is 17.5. The van der Waals surface area contributed by atoms with Gasteiger partial charge < -0.3 is 14.7 Å². The van der Waals surface area contributed by atoms with Crippen molar-refractivity contribution in [2.45, 2.75) is 6.54 Å². The molecular formula is C26H28ClFN6O2. The number of carbonyl (C=O) groups excluding carboxylic acids is 1. The van der Waals surface area contributed by atoms with E-state index in [2.05, 4.69) is 14.8 Å². The van der Waals surface area contributed by atoms with Gasteiger partial charge in [-0.15, -0.1) is 0 Å². The van der Waals surface area contributed by atoms with Crippen molar-refractivity contribution in [3.05, 3.63) is 87.0 Å². The van der Waals surface area contributed by atoms with E-state index in [0.717, 1.165) is 42.6 Å². The van der Waals surface area contributed by atoms with E-state index in [4.69, 9.17) is 16.6 Å². The number of aromatic amines is 1. The number of amides is 1. The standard InChI is InChI=1S/C26H28ClFN6O2/c27-22-3-1-2-4-23(22)32-11-9-31(10-12-32)18-21-17-24(35)30-26(29-21)34-15-13-33(14-16-34)25(36)19-5-7-20(28)8-6-19/h1-8,17H,9-16,18H2,(H,29,30,35). The molecule has 8 nitrogen and oxygen atoms in total. The Morgan fingerprint density at radius 2 is 1.58 bits per heavy atom. The molecule has 2 aliphatic heterocycles. The maximum atomic E-state index is 13.2. The summed E-state index contributed by atoms with van der Waals surface area (Å²) in [7, 11) is 0. The second-order valence-corrected chi connectivity index (χ2v) is 9.47. The van der Waals surface area contributed by atoms with Crippen LogP contribution < -0.4 is 15.4 Å². The van der Waals surface area contributed by atoms with E-state index in [1.54, 1.807) is 11.0 Å². The number of piperazine rings is 2. The maximum Gasteiger partial charge on any atom is 0.253 e. The zero-order valence-corrected chi connectivity index (χ0v) is 20.6. The van der Waals surface area contributed by atoms with E-state index in [1.807, 2.05) is 29.2 Å². The Morgan fingerprint density at radius 3 is 2.28 bits per heavy atom. The first-order valence-corrected chi connectivity index (χ1v) is 12.5. The van der Waals surface area contributed by atoms with Crippen molar-refractivity contribution in [3.63, 3.8) is 0 Å². The van der Waals surface area contributed by atoms with Crippen molar-refractivity contribution in [2.24, 2.45) is 0 Å². The van der Waals surface area contributed by atoms with Crippen LogP contribution in [0.25, 0.3) is 0 Å². The minimum absolute atomic E-state index is 0.124. The van der Waals surface area contributed by atoms with Gasteiger partial charge in [0.25, 0.3) is 11.5 Å². The summed E-state index contributed by atoms with van der Waals surface area (Å²) in [4.78, 5) is 41.0. The van der Waals surface area contributed by atoms with E-state index in [-0.39, 0.29) is 17.3 Å². The van der Waals surface area contributed by atoms with Gasteiger partial charge in [0.15, 0.2) is 0 Å². The molecule has 2 saturated heterocycles. The Labute approximate surface area is 213 Å². The molecule has 1 aromatic heterocycles. The molecule has 0 unspecified atom stereocenters. The number of anilines is 2. The van der Waals surface area contributed by atoms with Crippen LogP contribution in [0.2, 0.25) is 5.02 Å². The lowest BCUT2D eigenvalue weighted by molar-refractivity contribution is 0.0746. The molecule has 0 atom stereocenters. The van der Waals surface area contributed by atoms with Gasteiger partial charge in [-0.25, -0.2) is 9.37 Å². The number of halogens is 2. The molecule has 5 rings (SSSR count). The summed E-state index contributed by atoms with van der Waals surface area (Å²) < 4.78 is 13.2. The Hall–Kier alpha value is -3.43. The lowest BCUT2D eigenvalue weighted by Crippen LogP contribution is -2.49. The van der Waals surface area contributed by atoms with Crippen molar-refractivity contribution in [1.29, 1.82) is 0 Å². The molecule has 36 heavy (non-hydrogen) atoms. The molecular weight excluding hydrogens is 483 g/mol. The van der Waals surface area contributed by atoms with Crippen molar-refractivity contribution in [2.75, 3.05) is 62.2 Å². The lowest BCUT2D eigenvalue weighted by Gasteiger charge is -2.36. The average molecular weight is 511 g/mol. The number of H-pyrrole nitrogens is 1. The third-order valence-electron chi connectivity index (χ3n) is 6.69. The van der Waals surface area contributed by atoms with Gasteiger partial charge in [0, 0.05) is 70.5 Å². The predicted molar refractivity (Wildman–Crippen MR) is 138 cm³/mol. The van der Waals surface area contributed by atoms with E-state index < -0.39 is 0 Å². The summed E-state index contributed by atoms with van der Waals surface area (Å²) in [6.45, 7) is 6.08. The maximum absolute atomic E-state index is 13.2. The first-order valence-electron chi connectivity index (χ1n) is 12.1. The Kier molecular flexibility index (Phi) is 7.20. The minimum Gasteiger partial charge on any atom is -0.368 e. The topological polar surface area (TPSA) is 75.8 Å². The zero-order valence-electron chi connectivity index (χ0n) is 19.9. The highest BCUT2D eigenvalue weighted by Gasteiger charge is 2.24. The number of benzene rings is 2. The Bertz CT molecular complexity index is 1270. The third-order valence-corrected chi connectivity index (χ3v) is 7.01. The van der Waals surface area contributed by atoms with E-state index in [0.29, 0.717) is 44.2 Å². The van der Waals surface area contributed by atoms with E-state index in [1.165, 1.54) is 24.3 Å². The average Bonchev–Trinajstić information content (AvgIpc) is 2.89. The first kappa shape index (κ1) is 24.3. The lowest BCUT2D eigenvalue weighted by atomic mass is 10.2. The van der Waals surface area contributed by atoms with Crippen LogP contribution in [0.5, 0.6) is 0 Å². The molecule has 2 fully saturated rings. The second-order valence-electron chi connectivity index (χ2n) is 9.06. The summed E-state index contributed by atoms with van der Waals surface area (Å²) in [6.07, 6.45) is 0. The summed E-state index contributed by atoms with van der Waals surface area (Å²) in [6, 6.07) is 15.0. The number of nitrogens with one attached hydrogen (secondary N) is 1. The van der Waals surface area contributed by atoms with Crippen LogP contribution in [0.4, 0.5) is 16.0 Å². The quantitative estimate of drug-likeness (QED) is 0.569.